The Morgan fingerprint density at radius 1 is 1.22 bits per heavy atom. The zero-order valence-corrected chi connectivity index (χ0v) is 16.0. The maximum Gasteiger partial charge on any atom is 0.359 e. The van der Waals surface area contributed by atoms with Gasteiger partial charge in [0.1, 0.15) is 0 Å². The number of benzene rings is 1. The first-order valence-corrected chi connectivity index (χ1v) is 9.20. The second kappa shape index (κ2) is 5.29. The molecule has 3 atom stereocenters. The van der Waals surface area contributed by atoms with Crippen molar-refractivity contribution in [3.8, 4) is 11.5 Å². The van der Waals surface area contributed by atoms with Crippen LogP contribution in [0.15, 0.2) is 35.6 Å². The molecule has 2 aliphatic carbocycles. The number of likely N-dealkylation sites (tertiary alicyclic amines) is 1. The third kappa shape index (κ3) is 1.64. The van der Waals surface area contributed by atoms with E-state index in [4.69, 9.17) is 18.9 Å². The molecule has 0 N–H and O–H groups in total. The summed E-state index contributed by atoms with van der Waals surface area (Å²) < 4.78 is 23.1. The lowest BCUT2D eigenvalue weighted by molar-refractivity contribution is -0.164. The fraction of sp³-hybridized carbons (Fsp3) is 0.476. The third-order valence-electron chi connectivity index (χ3n) is 6.80. The Kier molecular flexibility index (Phi) is 3.27. The molecule has 1 aromatic carbocycles. The van der Waals surface area contributed by atoms with Crippen LogP contribution in [-0.2, 0) is 26.1 Å². The molecule has 1 spiro atoms. The SMILES string of the molecule is COC(=O)[C@]12Oc3c(OC)ccc4c3[C@]13CCN(C)[C@@H](C4)C3=CC=C2OC. The minimum absolute atomic E-state index is 0.216. The van der Waals surface area contributed by atoms with Crippen molar-refractivity contribution in [2.45, 2.75) is 29.9 Å². The molecule has 6 heteroatoms. The van der Waals surface area contributed by atoms with E-state index in [1.165, 1.54) is 18.2 Å². The predicted molar refractivity (Wildman–Crippen MR) is 98.0 cm³/mol. The van der Waals surface area contributed by atoms with Gasteiger partial charge >= 0.3 is 5.97 Å². The number of ether oxygens (including phenoxy) is 4. The van der Waals surface area contributed by atoms with Crippen LogP contribution in [0.1, 0.15) is 17.5 Å². The fourth-order valence-electron chi connectivity index (χ4n) is 5.68. The monoisotopic (exact) mass is 369 g/mol. The molecule has 5 rings (SSSR count). The number of nitrogens with zero attached hydrogens (tertiary/aromatic N) is 1. The van der Waals surface area contributed by atoms with E-state index < -0.39 is 17.0 Å². The Morgan fingerprint density at radius 2 is 2.04 bits per heavy atom. The van der Waals surface area contributed by atoms with Gasteiger partial charge in [-0.15, -0.1) is 0 Å². The smallest absolute Gasteiger partial charge is 0.359 e. The number of allylic oxidation sites excluding steroid dienone is 2. The summed E-state index contributed by atoms with van der Waals surface area (Å²) in [5.74, 6) is 1.32. The third-order valence-corrected chi connectivity index (χ3v) is 6.80. The molecule has 0 aromatic heterocycles. The molecule has 4 aliphatic rings. The van der Waals surface area contributed by atoms with Crippen LogP contribution in [0.4, 0.5) is 0 Å². The second-order valence-corrected chi connectivity index (χ2v) is 7.62. The van der Waals surface area contributed by atoms with E-state index in [0.717, 1.165) is 24.9 Å². The molecule has 2 aliphatic heterocycles. The molecule has 1 saturated heterocycles. The lowest BCUT2D eigenvalue weighted by Crippen LogP contribution is -2.67. The quantitative estimate of drug-likeness (QED) is 0.760. The van der Waals surface area contributed by atoms with Crippen LogP contribution in [-0.4, -0.2) is 57.4 Å². The summed E-state index contributed by atoms with van der Waals surface area (Å²) in [6.07, 6.45) is 5.60. The van der Waals surface area contributed by atoms with E-state index in [-0.39, 0.29) is 6.04 Å². The van der Waals surface area contributed by atoms with Gasteiger partial charge in [0.2, 0.25) is 0 Å². The second-order valence-electron chi connectivity index (χ2n) is 7.62. The van der Waals surface area contributed by atoms with Gasteiger partial charge in [-0.3, -0.25) is 4.90 Å². The molecule has 0 saturated carbocycles. The van der Waals surface area contributed by atoms with Gasteiger partial charge in [-0.25, -0.2) is 4.79 Å². The lowest BCUT2D eigenvalue weighted by Gasteiger charge is -2.55. The summed E-state index contributed by atoms with van der Waals surface area (Å²) in [7, 11) is 6.74. The highest BCUT2D eigenvalue weighted by molar-refractivity contribution is 5.92. The number of methoxy groups -OCH3 is 3. The molecular weight excluding hydrogens is 346 g/mol. The van der Waals surface area contributed by atoms with Crippen LogP contribution in [0.5, 0.6) is 11.5 Å². The number of likely N-dealkylation sites (N-methyl/N-ethyl adjacent to an activating group) is 1. The Balaban J connectivity index is 1.92. The summed E-state index contributed by atoms with van der Waals surface area (Å²) in [6, 6.07) is 4.24. The van der Waals surface area contributed by atoms with Crippen molar-refractivity contribution in [3.05, 3.63) is 46.7 Å². The standard InChI is InChI=1S/C21H23NO5/c1-22-10-9-20-13-6-8-16(25-3)21(20,19(23)26-4)27-18-15(24-2)7-5-12(17(18)20)11-14(13)22/h5-8,14H,9-11H2,1-4H3/t14-,20+,21-/m0/s1. The van der Waals surface area contributed by atoms with Crippen molar-refractivity contribution in [2.75, 3.05) is 34.9 Å². The van der Waals surface area contributed by atoms with E-state index in [1.54, 1.807) is 14.2 Å². The van der Waals surface area contributed by atoms with Gasteiger partial charge in [-0.2, -0.15) is 0 Å². The molecule has 142 valence electrons. The van der Waals surface area contributed by atoms with E-state index in [9.17, 15) is 4.79 Å². The number of piperidine rings is 1. The maximum absolute atomic E-state index is 13.3. The zero-order valence-electron chi connectivity index (χ0n) is 16.0. The highest BCUT2D eigenvalue weighted by Crippen LogP contribution is 2.67. The first kappa shape index (κ1) is 16.7. The zero-order chi connectivity index (χ0) is 19.0. The van der Waals surface area contributed by atoms with Gasteiger partial charge < -0.3 is 18.9 Å². The summed E-state index contributed by atoms with van der Waals surface area (Å²) in [6.45, 7) is 0.858. The summed E-state index contributed by atoms with van der Waals surface area (Å²) in [5, 5.41) is 0. The summed E-state index contributed by atoms with van der Waals surface area (Å²) >= 11 is 0. The number of carbonyl (C=O) groups excluding carboxylic acids is 1. The van der Waals surface area contributed by atoms with Crippen LogP contribution in [0.25, 0.3) is 0 Å². The number of hydrogen-bond acceptors (Lipinski definition) is 6. The van der Waals surface area contributed by atoms with Crippen LogP contribution < -0.4 is 9.47 Å². The minimum Gasteiger partial charge on any atom is -0.496 e. The summed E-state index contributed by atoms with van der Waals surface area (Å²) in [5.41, 5.74) is 1.47. The van der Waals surface area contributed by atoms with Gasteiger partial charge in [0.15, 0.2) is 17.3 Å². The maximum atomic E-state index is 13.3. The van der Waals surface area contributed by atoms with Gasteiger partial charge in [0, 0.05) is 11.6 Å². The largest absolute Gasteiger partial charge is 0.496 e. The van der Waals surface area contributed by atoms with Gasteiger partial charge in [0.25, 0.3) is 5.60 Å². The van der Waals surface area contributed by atoms with Gasteiger partial charge in [-0.05, 0) is 49.7 Å². The molecule has 6 nitrogen and oxygen atoms in total. The molecule has 2 heterocycles. The van der Waals surface area contributed by atoms with Crippen LogP contribution in [0, 0.1) is 0 Å². The van der Waals surface area contributed by atoms with Crippen molar-refractivity contribution in [1.82, 2.24) is 4.90 Å². The molecular formula is C21H23NO5. The summed E-state index contributed by atoms with van der Waals surface area (Å²) in [4.78, 5) is 15.7. The number of rotatable bonds is 3. The molecule has 1 aromatic rings. The molecule has 27 heavy (non-hydrogen) atoms. The molecule has 1 fully saturated rings. The van der Waals surface area contributed by atoms with E-state index >= 15 is 0 Å². The van der Waals surface area contributed by atoms with Crippen molar-refractivity contribution in [3.63, 3.8) is 0 Å². The topological polar surface area (TPSA) is 57.2 Å². The van der Waals surface area contributed by atoms with E-state index in [1.807, 2.05) is 12.1 Å². The Hall–Kier alpha value is -2.47. The lowest BCUT2D eigenvalue weighted by atomic mass is 9.52. The molecule has 0 radical (unpaired) electrons. The Morgan fingerprint density at radius 3 is 2.74 bits per heavy atom. The number of esters is 1. The van der Waals surface area contributed by atoms with E-state index in [2.05, 4.69) is 24.1 Å². The van der Waals surface area contributed by atoms with Crippen LogP contribution in [0.2, 0.25) is 0 Å². The predicted octanol–water partition coefficient (Wildman–Crippen LogP) is 1.97. The van der Waals surface area contributed by atoms with Crippen molar-refractivity contribution in [2.24, 2.45) is 0 Å². The molecule has 2 bridgehead atoms. The Labute approximate surface area is 158 Å². The highest BCUT2D eigenvalue weighted by atomic mass is 16.6. The Bertz CT molecular complexity index is 919. The van der Waals surface area contributed by atoms with Crippen LogP contribution >= 0.6 is 0 Å². The number of carbonyl (C=O) groups is 1. The van der Waals surface area contributed by atoms with Crippen molar-refractivity contribution in [1.29, 1.82) is 0 Å². The minimum atomic E-state index is -1.35. The van der Waals surface area contributed by atoms with Gasteiger partial charge in [0.05, 0.1) is 26.7 Å². The molecule has 0 unspecified atom stereocenters. The average molecular weight is 369 g/mol. The molecule has 0 amide bonds. The van der Waals surface area contributed by atoms with Gasteiger partial charge in [-0.1, -0.05) is 12.1 Å². The fourth-order valence-corrected chi connectivity index (χ4v) is 5.68. The number of hydrogen-bond donors (Lipinski definition) is 0. The highest BCUT2D eigenvalue weighted by Gasteiger charge is 2.74. The first-order chi connectivity index (χ1) is 13.0. The normalized spacial score (nSPS) is 32.7. The van der Waals surface area contributed by atoms with Crippen LogP contribution in [0.3, 0.4) is 0 Å². The van der Waals surface area contributed by atoms with Crippen molar-refractivity contribution >= 4 is 5.97 Å². The van der Waals surface area contributed by atoms with Crippen molar-refractivity contribution < 1.29 is 23.7 Å². The first-order valence-electron chi connectivity index (χ1n) is 9.20. The average Bonchev–Trinajstić information content (AvgIpc) is 3.01. The van der Waals surface area contributed by atoms with E-state index in [0.29, 0.717) is 17.3 Å².